The lowest BCUT2D eigenvalue weighted by Gasteiger charge is -2.34. The number of aryl methyl sites for hydroxylation is 1. The molecule has 21 heavy (non-hydrogen) atoms. The van der Waals surface area contributed by atoms with Gasteiger partial charge in [0, 0.05) is 25.3 Å². The number of hydrogen-bond acceptors (Lipinski definition) is 3. The summed E-state index contributed by atoms with van der Waals surface area (Å²) < 4.78 is 0. The summed E-state index contributed by atoms with van der Waals surface area (Å²) in [5.41, 5.74) is 1.90. The van der Waals surface area contributed by atoms with Gasteiger partial charge in [0.25, 0.3) is 0 Å². The van der Waals surface area contributed by atoms with Crippen molar-refractivity contribution in [1.82, 2.24) is 4.90 Å². The number of urea groups is 1. The van der Waals surface area contributed by atoms with Crippen LogP contribution in [0.25, 0.3) is 0 Å². The fourth-order valence-corrected chi connectivity index (χ4v) is 2.61. The smallest absolute Gasteiger partial charge is 0.335 e. The van der Waals surface area contributed by atoms with E-state index < -0.39 is 5.97 Å². The minimum atomic E-state index is -0.961. The number of likely N-dealkylation sites (N-methyl/N-ethyl adjacent to an activating group) is 1. The standard InChI is InChI=1S/C15H20N2O4/c1-2-16(8-9-18)15(21)17-7-3-4-11-10-12(14(19)20)5-6-13(11)17/h5-6,10,18H,2-4,7-9H2,1H3,(H,19,20). The Morgan fingerprint density at radius 3 is 2.76 bits per heavy atom. The van der Waals surface area contributed by atoms with E-state index in [9.17, 15) is 9.59 Å². The first-order valence-corrected chi connectivity index (χ1v) is 7.12. The predicted molar refractivity (Wildman–Crippen MR) is 78.8 cm³/mol. The Balaban J connectivity index is 2.29. The van der Waals surface area contributed by atoms with Gasteiger partial charge < -0.3 is 15.1 Å². The van der Waals surface area contributed by atoms with Gasteiger partial charge in [-0.2, -0.15) is 0 Å². The number of carbonyl (C=O) groups excluding carboxylic acids is 1. The number of anilines is 1. The average Bonchev–Trinajstić information content (AvgIpc) is 2.50. The number of aliphatic hydroxyl groups excluding tert-OH is 1. The second-order valence-corrected chi connectivity index (χ2v) is 4.99. The van der Waals surface area contributed by atoms with Crippen molar-refractivity contribution in [2.24, 2.45) is 0 Å². The number of amides is 2. The molecule has 1 aliphatic rings. The number of nitrogens with zero attached hydrogens (tertiary/aromatic N) is 2. The fraction of sp³-hybridized carbons (Fsp3) is 0.467. The van der Waals surface area contributed by atoms with Crippen molar-refractivity contribution in [3.05, 3.63) is 29.3 Å². The van der Waals surface area contributed by atoms with Crippen LogP contribution < -0.4 is 4.90 Å². The van der Waals surface area contributed by atoms with Gasteiger partial charge in [-0.25, -0.2) is 9.59 Å². The van der Waals surface area contributed by atoms with Crippen molar-refractivity contribution in [2.45, 2.75) is 19.8 Å². The van der Waals surface area contributed by atoms with E-state index in [1.54, 1.807) is 21.9 Å². The number of aromatic carboxylic acids is 1. The summed E-state index contributed by atoms with van der Waals surface area (Å²) in [6, 6.07) is 4.72. The number of hydrogen-bond donors (Lipinski definition) is 2. The highest BCUT2D eigenvalue weighted by molar-refractivity contribution is 5.95. The molecule has 0 atom stereocenters. The zero-order chi connectivity index (χ0) is 15.4. The first-order valence-electron chi connectivity index (χ1n) is 7.12. The van der Waals surface area contributed by atoms with Crippen LogP contribution in [0.2, 0.25) is 0 Å². The third-order valence-electron chi connectivity index (χ3n) is 3.70. The van der Waals surface area contributed by atoms with Gasteiger partial charge in [-0.05, 0) is 43.5 Å². The number of fused-ring (bicyclic) bond motifs is 1. The Morgan fingerprint density at radius 1 is 1.38 bits per heavy atom. The summed E-state index contributed by atoms with van der Waals surface area (Å²) in [7, 11) is 0. The minimum Gasteiger partial charge on any atom is -0.478 e. The summed E-state index contributed by atoms with van der Waals surface area (Å²) in [4.78, 5) is 26.8. The first kappa shape index (κ1) is 15.3. The molecule has 2 N–H and O–H groups in total. The molecule has 0 unspecified atom stereocenters. The van der Waals surface area contributed by atoms with Crippen molar-refractivity contribution in [3.63, 3.8) is 0 Å². The van der Waals surface area contributed by atoms with E-state index >= 15 is 0 Å². The number of aliphatic hydroxyl groups is 1. The first-order chi connectivity index (χ1) is 10.1. The number of rotatable bonds is 4. The van der Waals surface area contributed by atoms with Gasteiger partial charge in [0.1, 0.15) is 0 Å². The lowest BCUT2D eigenvalue weighted by Crippen LogP contribution is -2.46. The molecule has 0 aromatic heterocycles. The van der Waals surface area contributed by atoms with Crippen LogP contribution in [-0.2, 0) is 6.42 Å². The second kappa shape index (κ2) is 6.58. The normalized spacial score (nSPS) is 13.7. The van der Waals surface area contributed by atoms with Crippen LogP contribution in [0.3, 0.4) is 0 Å². The maximum Gasteiger partial charge on any atom is 0.335 e. The summed E-state index contributed by atoms with van der Waals surface area (Å²) in [6.45, 7) is 3.23. The zero-order valence-electron chi connectivity index (χ0n) is 12.1. The highest BCUT2D eigenvalue weighted by Crippen LogP contribution is 2.29. The monoisotopic (exact) mass is 292 g/mol. The van der Waals surface area contributed by atoms with Crippen molar-refractivity contribution >= 4 is 17.7 Å². The molecule has 0 fully saturated rings. The van der Waals surface area contributed by atoms with Crippen LogP contribution in [0.4, 0.5) is 10.5 Å². The lowest BCUT2D eigenvalue weighted by atomic mass is 9.99. The van der Waals surface area contributed by atoms with Gasteiger partial charge >= 0.3 is 12.0 Å². The largest absolute Gasteiger partial charge is 0.478 e. The molecule has 6 nitrogen and oxygen atoms in total. The van der Waals surface area contributed by atoms with Gasteiger partial charge in [-0.3, -0.25) is 4.90 Å². The van der Waals surface area contributed by atoms with Crippen molar-refractivity contribution in [1.29, 1.82) is 0 Å². The van der Waals surface area contributed by atoms with E-state index in [-0.39, 0.29) is 18.2 Å². The number of carboxylic acid groups (broad SMARTS) is 1. The Kier molecular flexibility index (Phi) is 4.80. The van der Waals surface area contributed by atoms with Crippen molar-refractivity contribution < 1.29 is 19.8 Å². The molecular formula is C15H20N2O4. The highest BCUT2D eigenvalue weighted by atomic mass is 16.4. The van der Waals surface area contributed by atoms with E-state index in [1.807, 2.05) is 6.92 Å². The van der Waals surface area contributed by atoms with Gasteiger partial charge in [-0.15, -0.1) is 0 Å². The summed E-state index contributed by atoms with van der Waals surface area (Å²) in [5.74, 6) is -0.961. The molecule has 1 aliphatic heterocycles. The van der Waals surface area contributed by atoms with Crippen LogP contribution >= 0.6 is 0 Å². The molecule has 0 spiro atoms. The molecule has 0 saturated carbocycles. The maximum atomic E-state index is 12.5. The summed E-state index contributed by atoms with van der Waals surface area (Å²) >= 11 is 0. The van der Waals surface area contributed by atoms with E-state index in [4.69, 9.17) is 10.2 Å². The number of carbonyl (C=O) groups is 2. The Labute approximate surface area is 123 Å². The molecule has 6 heteroatoms. The van der Waals surface area contributed by atoms with E-state index in [0.29, 0.717) is 19.6 Å². The second-order valence-electron chi connectivity index (χ2n) is 4.99. The van der Waals surface area contributed by atoms with E-state index in [2.05, 4.69) is 0 Å². The van der Waals surface area contributed by atoms with Crippen LogP contribution in [0.15, 0.2) is 18.2 Å². The molecule has 0 aliphatic carbocycles. The van der Waals surface area contributed by atoms with E-state index in [0.717, 1.165) is 24.1 Å². The number of benzene rings is 1. The zero-order valence-corrected chi connectivity index (χ0v) is 12.1. The lowest BCUT2D eigenvalue weighted by molar-refractivity contribution is 0.0696. The molecule has 1 aromatic carbocycles. The highest BCUT2D eigenvalue weighted by Gasteiger charge is 2.26. The molecule has 0 bridgehead atoms. The Morgan fingerprint density at radius 2 is 2.14 bits per heavy atom. The Bertz CT molecular complexity index is 544. The van der Waals surface area contributed by atoms with Crippen LogP contribution in [0.5, 0.6) is 0 Å². The minimum absolute atomic E-state index is 0.0712. The Hall–Kier alpha value is -2.08. The van der Waals surface area contributed by atoms with E-state index in [1.165, 1.54) is 6.07 Å². The molecule has 0 radical (unpaired) electrons. The maximum absolute atomic E-state index is 12.5. The van der Waals surface area contributed by atoms with Gasteiger partial charge in [0.05, 0.1) is 12.2 Å². The third-order valence-corrected chi connectivity index (χ3v) is 3.70. The predicted octanol–water partition coefficient (Wildman–Crippen LogP) is 1.57. The fourth-order valence-electron chi connectivity index (χ4n) is 2.61. The van der Waals surface area contributed by atoms with Gasteiger partial charge in [0.15, 0.2) is 0 Å². The average molecular weight is 292 g/mol. The van der Waals surface area contributed by atoms with Crippen LogP contribution in [-0.4, -0.2) is 53.4 Å². The van der Waals surface area contributed by atoms with Crippen LogP contribution in [0.1, 0.15) is 29.3 Å². The quantitative estimate of drug-likeness (QED) is 0.882. The molecule has 114 valence electrons. The number of carboxylic acids is 1. The van der Waals surface area contributed by atoms with Gasteiger partial charge in [0.2, 0.25) is 0 Å². The summed E-state index contributed by atoms with van der Waals surface area (Å²) in [5, 5.41) is 18.1. The molecule has 2 amide bonds. The summed E-state index contributed by atoms with van der Waals surface area (Å²) in [6.07, 6.45) is 1.57. The molecular weight excluding hydrogens is 272 g/mol. The molecule has 1 heterocycles. The molecule has 2 rings (SSSR count). The topological polar surface area (TPSA) is 81.1 Å². The SMILES string of the molecule is CCN(CCO)C(=O)N1CCCc2cc(C(=O)O)ccc21. The third kappa shape index (κ3) is 3.16. The van der Waals surface area contributed by atoms with Crippen LogP contribution in [0, 0.1) is 0 Å². The van der Waals surface area contributed by atoms with Crippen molar-refractivity contribution in [2.75, 3.05) is 31.1 Å². The molecule has 1 aromatic rings. The van der Waals surface area contributed by atoms with Gasteiger partial charge in [-0.1, -0.05) is 0 Å². The molecule has 0 saturated heterocycles. The van der Waals surface area contributed by atoms with Crippen molar-refractivity contribution in [3.8, 4) is 0 Å².